The number of carbonyl (C=O) groups is 4. The summed E-state index contributed by atoms with van der Waals surface area (Å²) in [5.41, 5.74) is 2.91. The summed E-state index contributed by atoms with van der Waals surface area (Å²) in [6, 6.07) is 16.0. The molecule has 1 saturated heterocycles. The average Bonchev–Trinajstić information content (AvgIpc) is 3.51. The number of rotatable bonds is 12. The Labute approximate surface area is 251 Å². The monoisotopic (exact) mass is 608 g/mol. The Morgan fingerprint density at radius 3 is 2.50 bits per heavy atom. The van der Waals surface area contributed by atoms with E-state index in [4.69, 9.17) is 9.84 Å². The number of unbranched alkanes of at least 4 members (excludes halogenated alkanes) is 1. The number of hydrogen-bond donors (Lipinski definition) is 3. The van der Waals surface area contributed by atoms with E-state index in [9.17, 15) is 19.2 Å². The molecule has 1 aliphatic carbocycles. The zero-order valence-corrected chi connectivity index (χ0v) is 24.5. The van der Waals surface area contributed by atoms with Crippen molar-refractivity contribution in [3.8, 4) is 11.3 Å². The van der Waals surface area contributed by atoms with Crippen molar-refractivity contribution in [3.05, 3.63) is 71.1 Å². The summed E-state index contributed by atoms with van der Waals surface area (Å²) in [4.78, 5) is 55.8. The lowest BCUT2D eigenvalue weighted by Gasteiger charge is -2.27. The van der Waals surface area contributed by atoms with Crippen LogP contribution in [0.1, 0.15) is 54.4 Å². The zero-order valence-electron chi connectivity index (χ0n) is 22.9. The number of ether oxygens (including phenoxy) is 1. The van der Waals surface area contributed by atoms with E-state index in [1.54, 1.807) is 12.1 Å². The fraction of sp³-hybridized carbons (Fsp3) is 0.367. The molecule has 1 aromatic heterocycles. The highest BCUT2D eigenvalue weighted by molar-refractivity contribution is 8.00. The number of nitrogens with one attached hydrogen (secondary N) is 2. The van der Waals surface area contributed by atoms with E-state index < -0.39 is 18.1 Å². The molecule has 220 valence electrons. The molecule has 2 heterocycles. The molecule has 12 heteroatoms. The SMILES string of the molecule is O=C(O)CCCCC1SC[C@@H](C(=O)Nc2nc(-c3ccc(C(=O)NC4CC4)cc3)cs2)N1C(=O)OCc1ccccc1. The Balaban J connectivity index is 1.22. The summed E-state index contributed by atoms with van der Waals surface area (Å²) in [5.74, 6) is -0.918. The van der Waals surface area contributed by atoms with Gasteiger partial charge in [0.2, 0.25) is 5.91 Å². The summed E-state index contributed by atoms with van der Waals surface area (Å²) in [6.07, 6.45) is 3.17. The first-order valence-corrected chi connectivity index (χ1v) is 15.8. The van der Waals surface area contributed by atoms with Crippen LogP contribution in [-0.2, 0) is 20.9 Å². The average molecular weight is 609 g/mol. The number of carbonyl (C=O) groups excluding carboxylic acids is 3. The van der Waals surface area contributed by atoms with Crippen molar-refractivity contribution >= 4 is 52.1 Å². The standard InChI is InChI=1S/C30H32N4O6S2/c35-26(36)9-5-4-8-25-34(30(39)40-16-19-6-2-1-3-7-19)24(18-41-25)28(38)33-29-32-23(17-42-29)20-10-12-21(13-11-20)27(37)31-22-14-15-22/h1-3,6-7,10-13,17,22,24-25H,4-5,8-9,14-16,18H2,(H,31,37)(H,35,36)(H,32,33,38)/t24-,25?/m0/s1. The Kier molecular flexibility index (Phi) is 9.75. The van der Waals surface area contributed by atoms with Gasteiger partial charge in [0.25, 0.3) is 5.91 Å². The zero-order chi connectivity index (χ0) is 29.5. The van der Waals surface area contributed by atoms with Gasteiger partial charge in [-0.1, -0.05) is 42.5 Å². The molecule has 1 aliphatic heterocycles. The Morgan fingerprint density at radius 2 is 1.79 bits per heavy atom. The number of benzene rings is 2. The van der Waals surface area contributed by atoms with Crippen LogP contribution in [0.5, 0.6) is 0 Å². The minimum Gasteiger partial charge on any atom is -0.481 e. The number of carboxylic acids is 1. The van der Waals surface area contributed by atoms with Gasteiger partial charge in [0.15, 0.2) is 5.13 Å². The van der Waals surface area contributed by atoms with Crippen LogP contribution < -0.4 is 10.6 Å². The van der Waals surface area contributed by atoms with E-state index in [2.05, 4.69) is 15.6 Å². The minimum absolute atomic E-state index is 0.0581. The lowest BCUT2D eigenvalue weighted by molar-refractivity contribution is -0.137. The molecule has 2 aromatic carbocycles. The summed E-state index contributed by atoms with van der Waals surface area (Å²) in [6.45, 7) is 0.0811. The Bertz CT molecular complexity index is 1410. The van der Waals surface area contributed by atoms with Crippen molar-refractivity contribution < 1.29 is 29.0 Å². The lowest BCUT2D eigenvalue weighted by atomic mass is 10.1. The quantitative estimate of drug-likeness (QED) is 0.234. The number of aliphatic carboxylic acids is 1. The van der Waals surface area contributed by atoms with Gasteiger partial charge in [-0.2, -0.15) is 0 Å². The van der Waals surface area contributed by atoms with Gasteiger partial charge in [-0.3, -0.25) is 19.3 Å². The molecule has 3 N–H and O–H groups in total. The first-order chi connectivity index (χ1) is 20.4. The van der Waals surface area contributed by atoms with Crippen LogP contribution in [0.2, 0.25) is 0 Å². The van der Waals surface area contributed by atoms with Crippen molar-refractivity contribution in [2.45, 2.75) is 62.6 Å². The number of carboxylic acid groups (broad SMARTS) is 1. The van der Waals surface area contributed by atoms with Crippen LogP contribution in [0.3, 0.4) is 0 Å². The molecule has 0 radical (unpaired) electrons. The number of amides is 3. The first-order valence-electron chi connectivity index (χ1n) is 13.9. The minimum atomic E-state index is -0.858. The van der Waals surface area contributed by atoms with Gasteiger partial charge in [0.05, 0.1) is 11.1 Å². The molecule has 10 nitrogen and oxygen atoms in total. The van der Waals surface area contributed by atoms with Crippen molar-refractivity contribution in [2.24, 2.45) is 0 Å². The summed E-state index contributed by atoms with van der Waals surface area (Å²) >= 11 is 2.76. The maximum atomic E-state index is 13.4. The van der Waals surface area contributed by atoms with Crippen LogP contribution in [0.4, 0.5) is 9.93 Å². The van der Waals surface area contributed by atoms with Crippen molar-refractivity contribution in [1.29, 1.82) is 0 Å². The fourth-order valence-corrected chi connectivity index (χ4v) is 6.73. The van der Waals surface area contributed by atoms with E-state index in [0.29, 0.717) is 41.4 Å². The molecule has 2 atom stereocenters. The first kappa shape index (κ1) is 29.6. The third-order valence-corrected chi connectivity index (χ3v) is 9.11. The predicted molar refractivity (Wildman–Crippen MR) is 161 cm³/mol. The van der Waals surface area contributed by atoms with Gasteiger partial charge in [-0.15, -0.1) is 23.1 Å². The molecule has 3 amide bonds. The smallest absolute Gasteiger partial charge is 0.411 e. The van der Waals surface area contributed by atoms with E-state index >= 15 is 0 Å². The Hall–Kier alpha value is -3.90. The molecule has 2 fully saturated rings. The van der Waals surface area contributed by atoms with Gasteiger partial charge >= 0.3 is 12.1 Å². The highest BCUT2D eigenvalue weighted by Gasteiger charge is 2.42. The summed E-state index contributed by atoms with van der Waals surface area (Å²) in [5, 5.41) is 16.7. The van der Waals surface area contributed by atoms with Crippen LogP contribution >= 0.6 is 23.1 Å². The number of nitrogens with zero attached hydrogens (tertiary/aromatic N) is 2. The Morgan fingerprint density at radius 1 is 1.02 bits per heavy atom. The molecule has 1 saturated carbocycles. The van der Waals surface area contributed by atoms with Crippen LogP contribution in [-0.4, -0.2) is 62.1 Å². The summed E-state index contributed by atoms with van der Waals surface area (Å²) in [7, 11) is 0. The van der Waals surface area contributed by atoms with Crippen molar-refractivity contribution in [1.82, 2.24) is 15.2 Å². The highest BCUT2D eigenvalue weighted by Crippen LogP contribution is 2.34. The van der Waals surface area contributed by atoms with E-state index in [1.165, 1.54) is 28.0 Å². The second-order valence-electron chi connectivity index (χ2n) is 10.2. The second-order valence-corrected chi connectivity index (χ2v) is 12.3. The molecule has 3 aromatic rings. The van der Waals surface area contributed by atoms with Crippen molar-refractivity contribution in [2.75, 3.05) is 11.1 Å². The highest BCUT2D eigenvalue weighted by atomic mass is 32.2. The van der Waals surface area contributed by atoms with Crippen molar-refractivity contribution in [3.63, 3.8) is 0 Å². The van der Waals surface area contributed by atoms with Gasteiger partial charge in [0, 0.05) is 34.7 Å². The molecule has 0 spiro atoms. The maximum absolute atomic E-state index is 13.4. The third kappa shape index (κ3) is 7.89. The van der Waals surface area contributed by atoms with Gasteiger partial charge in [-0.25, -0.2) is 9.78 Å². The van der Waals surface area contributed by atoms with E-state index in [1.807, 2.05) is 47.8 Å². The topological polar surface area (TPSA) is 138 Å². The predicted octanol–water partition coefficient (Wildman–Crippen LogP) is 5.37. The maximum Gasteiger partial charge on any atom is 0.411 e. The largest absolute Gasteiger partial charge is 0.481 e. The van der Waals surface area contributed by atoms with Crippen LogP contribution in [0.15, 0.2) is 60.0 Å². The van der Waals surface area contributed by atoms with E-state index in [-0.39, 0.29) is 36.3 Å². The fourth-order valence-electron chi connectivity index (χ4n) is 4.56. The van der Waals surface area contributed by atoms with E-state index in [0.717, 1.165) is 24.0 Å². The number of thioether (sulfide) groups is 1. The number of hydrogen-bond acceptors (Lipinski definition) is 8. The lowest BCUT2D eigenvalue weighted by Crippen LogP contribution is -2.47. The van der Waals surface area contributed by atoms with Gasteiger partial charge in [-0.05, 0) is 49.8 Å². The van der Waals surface area contributed by atoms with Gasteiger partial charge < -0.3 is 20.5 Å². The van der Waals surface area contributed by atoms with Crippen LogP contribution in [0.25, 0.3) is 11.3 Å². The van der Waals surface area contributed by atoms with Gasteiger partial charge in [0.1, 0.15) is 12.6 Å². The molecule has 1 unspecified atom stereocenters. The molecular weight excluding hydrogens is 576 g/mol. The number of thiazole rings is 1. The molecule has 0 bridgehead atoms. The normalized spacial score (nSPS) is 18.0. The number of aromatic nitrogens is 1. The third-order valence-electron chi connectivity index (χ3n) is 6.99. The van der Waals surface area contributed by atoms with Crippen LogP contribution in [0, 0.1) is 0 Å². The number of anilines is 1. The molecule has 2 aliphatic rings. The molecule has 5 rings (SSSR count). The summed E-state index contributed by atoms with van der Waals surface area (Å²) < 4.78 is 5.59. The molecular formula is C30H32N4O6S2. The second kappa shape index (κ2) is 13.8. The molecule has 42 heavy (non-hydrogen) atoms.